The first kappa shape index (κ1) is 21.9. The van der Waals surface area contributed by atoms with Crippen LogP contribution in [-0.2, 0) is 4.79 Å². The summed E-state index contributed by atoms with van der Waals surface area (Å²) in [4.78, 5) is 26.3. The number of nitrogens with one attached hydrogen (secondary N) is 2. The Hall–Kier alpha value is -3.65. The highest BCUT2D eigenvalue weighted by Gasteiger charge is 2.41. The molecular weight excluding hydrogens is 440 g/mol. The van der Waals surface area contributed by atoms with Crippen LogP contribution in [0.3, 0.4) is 0 Å². The van der Waals surface area contributed by atoms with E-state index in [0.717, 1.165) is 30.0 Å². The number of likely N-dealkylation sites (tertiary alicyclic amines) is 1. The van der Waals surface area contributed by atoms with Crippen LogP contribution in [0.15, 0.2) is 48.7 Å². The molecule has 3 aliphatic rings. The van der Waals surface area contributed by atoms with Crippen LogP contribution < -0.4 is 20.3 Å². The lowest BCUT2D eigenvalue weighted by molar-refractivity contribution is -0.129. The Morgan fingerprint density at radius 1 is 1.11 bits per heavy atom. The first-order valence-electron chi connectivity index (χ1n) is 12.1. The second kappa shape index (κ2) is 7.95. The summed E-state index contributed by atoms with van der Waals surface area (Å²) in [5.41, 5.74) is 4.93. The van der Waals surface area contributed by atoms with Crippen molar-refractivity contribution < 1.29 is 9.53 Å². The summed E-state index contributed by atoms with van der Waals surface area (Å²) < 4.78 is 5.93. The molecule has 2 unspecified atom stereocenters. The van der Waals surface area contributed by atoms with Gasteiger partial charge in [-0.3, -0.25) is 9.69 Å². The van der Waals surface area contributed by atoms with E-state index in [0.29, 0.717) is 29.5 Å². The summed E-state index contributed by atoms with van der Waals surface area (Å²) in [6.45, 7) is 7.92. The Labute approximate surface area is 205 Å². The van der Waals surface area contributed by atoms with Gasteiger partial charge in [-0.2, -0.15) is 0 Å². The Morgan fingerprint density at radius 3 is 2.71 bits per heavy atom. The quantitative estimate of drug-likeness (QED) is 0.591. The van der Waals surface area contributed by atoms with E-state index < -0.39 is 5.60 Å². The van der Waals surface area contributed by atoms with Gasteiger partial charge in [-0.05, 0) is 76.2 Å². The third kappa shape index (κ3) is 3.87. The molecular formula is C27H30N6O2. The van der Waals surface area contributed by atoms with Crippen LogP contribution in [0.1, 0.15) is 25.8 Å². The highest BCUT2D eigenvalue weighted by molar-refractivity contribution is 6.00. The summed E-state index contributed by atoms with van der Waals surface area (Å²) in [5, 5.41) is 6.26. The minimum absolute atomic E-state index is 0.155. The molecule has 2 atom stereocenters. The lowest BCUT2D eigenvalue weighted by Crippen LogP contribution is -2.45. The van der Waals surface area contributed by atoms with E-state index in [1.54, 1.807) is 20.0 Å². The summed E-state index contributed by atoms with van der Waals surface area (Å²) in [6, 6.07) is 15.3. The number of likely N-dealkylation sites (N-methyl/N-ethyl adjacent to an activating group) is 1. The molecule has 2 aromatic carbocycles. The van der Waals surface area contributed by atoms with Gasteiger partial charge in [-0.25, -0.2) is 9.97 Å². The number of carbonyl (C=O) groups excluding carboxylic acids is 1. The van der Waals surface area contributed by atoms with Crippen LogP contribution in [-0.4, -0.2) is 58.6 Å². The monoisotopic (exact) mass is 470 g/mol. The normalized spacial score (nSPS) is 22.5. The number of benzene rings is 2. The molecule has 3 aliphatic heterocycles. The number of ether oxygens (including phenoxy) is 1. The molecule has 0 aliphatic carbocycles. The fourth-order valence-corrected chi connectivity index (χ4v) is 5.39. The Bertz CT molecular complexity index is 1320. The predicted molar refractivity (Wildman–Crippen MR) is 137 cm³/mol. The van der Waals surface area contributed by atoms with Gasteiger partial charge in [0.2, 0.25) is 5.95 Å². The molecule has 0 radical (unpaired) electrons. The third-order valence-corrected chi connectivity index (χ3v) is 7.37. The summed E-state index contributed by atoms with van der Waals surface area (Å²) in [7, 11) is 2.23. The number of anilines is 4. The van der Waals surface area contributed by atoms with E-state index in [1.807, 2.05) is 24.3 Å². The van der Waals surface area contributed by atoms with Gasteiger partial charge in [0.25, 0.3) is 5.91 Å². The minimum Gasteiger partial charge on any atom is -0.476 e. The summed E-state index contributed by atoms with van der Waals surface area (Å²) in [6.07, 6.45) is 3.00. The highest BCUT2D eigenvalue weighted by atomic mass is 16.5. The van der Waals surface area contributed by atoms with Gasteiger partial charge in [0.05, 0.1) is 11.4 Å². The van der Waals surface area contributed by atoms with Crippen molar-refractivity contribution in [3.05, 3.63) is 54.2 Å². The molecule has 35 heavy (non-hydrogen) atoms. The van der Waals surface area contributed by atoms with Crippen LogP contribution in [0.5, 0.6) is 5.75 Å². The largest absolute Gasteiger partial charge is 0.476 e. The van der Waals surface area contributed by atoms with Crippen molar-refractivity contribution in [3.63, 3.8) is 0 Å². The topological polar surface area (TPSA) is 82.6 Å². The maximum atomic E-state index is 12.1. The lowest BCUT2D eigenvalue weighted by Gasteiger charge is -2.34. The van der Waals surface area contributed by atoms with Gasteiger partial charge in [0.1, 0.15) is 5.75 Å². The molecule has 1 amide bonds. The van der Waals surface area contributed by atoms with E-state index >= 15 is 0 Å². The van der Waals surface area contributed by atoms with Gasteiger partial charge >= 0.3 is 0 Å². The number of piperazine rings is 1. The van der Waals surface area contributed by atoms with Gasteiger partial charge in [0, 0.05) is 48.3 Å². The molecule has 0 saturated carbocycles. The number of carbonyl (C=O) groups is 1. The fraction of sp³-hybridized carbons (Fsp3) is 0.370. The zero-order valence-electron chi connectivity index (χ0n) is 20.5. The van der Waals surface area contributed by atoms with Crippen molar-refractivity contribution in [2.45, 2.75) is 44.9 Å². The number of fused-ring (bicyclic) bond motifs is 3. The maximum Gasteiger partial charge on any atom is 0.268 e. The molecule has 180 valence electrons. The first-order valence-corrected chi connectivity index (χ1v) is 12.1. The van der Waals surface area contributed by atoms with E-state index in [2.05, 4.69) is 57.6 Å². The second-order valence-corrected chi connectivity index (χ2v) is 10.3. The molecule has 2 fully saturated rings. The van der Waals surface area contributed by atoms with E-state index in [9.17, 15) is 4.79 Å². The van der Waals surface area contributed by atoms with E-state index in [4.69, 9.17) is 9.72 Å². The summed E-state index contributed by atoms with van der Waals surface area (Å²) in [5.74, 6) is 1.01. The van der Waals surface area contributed by atoms with Crippen LogP contribution in [0.2, 0.25) is 0 Å². The maximum absolute atomic E-state index is 12.1. The average molecular weight is 471 g/mol. The minimum atomic E-state index is -0.918. The van der Waals surface area contributed by atoms with Crippen molar-refractivity contribution in [2.75, 3.05) is 35.7 Å². The zero-order chi connectivity index (χ0) is 24.3. The van der Waals surface area contributed by atoms with Crippen LogP contribution >= 0.6 is 0 Å². The standard InChI is InChI=1S/C27H30N6O2/c1-16-11-18(6-8-23(16)33-15-19-13-20(33)14-32(19)4)29-26-28-10-9-21(31-26)17-5-7-22-24(12-17)35-27(2,3)25(34)30-22/h5-12,19-20H,13-15H2,1-4H3,(H,30,34)(H,28,29,31). The number of nitrogens with zero attached hydrogens (tertiary/aromatic N) is 4. The number of rotatable bonds is 4. The van der Waals surface area contributed by atoms with Gasteiger partial charge < -0.3 is 20.3 Å². The number of hydrogen-bond acceptors (Lipinski definition) is 7. The SMILES string of the molecule is Cc1cc(Nc2nccc(-c3ccc4c(c3)OC(C)(C)C(=O)N4)n2)ccc1N1CC2CC1CN2C. The van der Waals surface area contributed by atoms with Crippen molar-refractivity contribution in [1.29, 1.82) is 0 Å². The lowest BCUT2D eigenvalue weighted by atomic mass is 10.0. The Morgan fingerprint density at radius 2 is 1.97 bits per heavy atom. The Kier molecular flexibility index (Phi) is 4.96. The van der Waals surface area contributed by atoms with Crippen LogP contribution in [0, 0.1) is 6.92 Å². The van der Waals surface area contributed by atoms with Crippen molar-refractivity contribution in [2.24, 2.45) is 0 Å². The van der Waals surface area contributed by atoms with Crippen LogP contribution in [0.4, 0.5) is 23.0 Å². The van der Waals surface area contributed by atoms with Gasteiger partial charge in [-0.1, -0.05) is 6.07 Å². The second-order valence-electron chi connectivity index (χ2n) is 10.3. The average Bonchev–Trinajstić information content (AvgIpc) is 3.39. The molecule has 1 aromatic heterocycles. The predicted octanol–water partition coefficient (Wildman–Crippen LogP) is 4.20. The molecule has 2 bridgehead atoms. The third-order valence-electron chi connectivity index (χ3n) is 7.37. The van der Waals surface area contributed by atoms with E-state index in [-0.39, 0.29) is 5.91 Å². The fourth-order valence-electron chi connectivity index (χ4n) is 5.39. The number of hydrogen-bond donors (Lipinski definition) is 2. The van der Waals surface area contributed by atoms with Crippen LogP contribution in [0.25, 0.3) is 11.3 Å². The van der Waals surface area contributed by atoms with Crippen molar-refractivity contribution >= 4 is 28.9 Å². The van der Waals surface area contributed by atoms with E-state index in [1.165, 1.54) is 17.7 Å². The first-order chi connectivity index (χ1) is 16.8. The number of amides is 1. The molecule has 4 heterocycles. The van der Waals surface area contributed by atoms with Crippen molar-refractivity contribution in [1.82, 2.24) is 14.9 Å². The van der Waals surface area contributed by atoms with Gasteiger partial charge in [-0.15, -0.1) is 0 Å². The smallest absolute Gasteiger partial charge is 0.268 e. The summed E-state index contributed by atoms with van der Waals surface area (Å²) >= 11 is 0. The molecule has 2 N–H and O–H groups in total. The molecule has 8 heteroatoms. The molecule has 3 aromatic rings. The highest BCUT2D eigenvalue weighted by Crippen LogP contribution is 2.38. The molecule has 2 saturated heterocycles. The van der Waals surface area contributed by atoms with Crippen molar-refractivity contribution in [3.8, 4) is 17.0 Å². The Balaban J connectivity index is 1.21. The number of aromatic nitrogens is 2. The molecule has 6 rings (SSSR count). The number of aryl methyl sites for hydroxylation is 1. The van der Waals surface area contributed by atoms with Gasteiger partial charge in [0.15, 0.2) is 5.60 Å². The zero-order valence-corrected chi connectivity index (χ0v) is 20.5. The molecule has 8 nitrogen and oxygen atoms in total. The molecule has 0 spiro atoms.